The summed E-state index contributed by atoms with van der Waals surface area (Å²) in [5, 5.41) is 1.23. The van der Waals surface area contributed by atoms with E-state index >= 15 is 0 Å². The average Bonchev–Trinajstić information content (AvgIpc) is 2.38. The maximum absolute atomic E-state index is 11.2. The van der Waals surface area contributed by atoms with Crippen molar-refractivity contribution in [1.82, 2.24) is 0 Å². The first kappa shape index (κ1) is 15.6. The normalized spacial score (nSPS) is 25.8. The van der Waals surface area contributed by atoms with Gasteiger partial charge in [-0.3, -0.25) is 4.99 Å². The van der Waals surface area contributed by atoms with Gasteiger partial charge < -0.3 is 4.79 Å². The van der Waals surface area contributed by atoms with E-state index in [2.05, 4.69) is 4.99 Å². The van der Waals surface area contributed by atoms with Crippen LogP contribution < -0.4 is 0 Å². The summed E-state index contributed by atoms with van der Waals surface area (Å²) in [6.45, 7) is 0. The van der Waals surface area contributed by atoms with Crippen LogP contribution in [-0.4, -0.2) is 17.5 Å². The second kappa shape index (κ2) is 6.31. The number of carbonyl (C=O) groups excluding carboxylic acids is 1. The minimum atomic E-state index is -1.27. The van der Waals surface area contributed by atoms with E-state index in [1.165, 1.54) is 6.21 Å². The van der Waals surface area contributed by atoms with Gasteiger partial charge in [0.2, 0.25) is 0 Å². The van der Waals surface area contributed by atoms with Crippen LogP contribution in [0.25, 0.3) is 0 Å². The van der Waals surface area contributed by atoms with E-state index < -0.39 is 10.9 Å². The maximum atomic E-state index is 11.2. The molecule has 6 heteroatoms. The number of aldehydes is 1. The van der Waals surface area contributed by atoms with Crippen molar-refractivity contribution in [1.29, 1.82) is 0 Å². The number of carbonyl (C=O) groups is 1. The summed E-state index contributed by atoms with van der Waals surface area (Å²) in [5.74, 6) is -0.742. The third kappa shape index (κ3) is 3.09. The molecule has 0 fully saturated rings. The Kier molecular flexibility index (Phi) is 4.92. The standard InChI is InChI=1S/C14H9Cl4NO/c15-11-3-1-4-12(16)9(11)7-19-14(18)6-2-5-13(17)10(14)8-20/h1-8,10H. The monoisotopic (exact) mass is 347 g/mol. The van der Waals surface area contributed by atoms with Crippen LogP contribution in [0, 0.1) is 5.92 Å². The Morgan fingerprint density at radius 3 is 2.45 bits per heavy atom. The zero-order chi connectivity index (χ0) is 14.8. The van der Waals surface area contributed by atoms with Crippen LogP contribution in [0.15, 0.2) is 46.5 Å². The van der Waals surface area contributed by atoms with Gasteiger partial charge in [0.25, 0.3) is 0 Å². The van der Waals surface area contributed by atoms with Crippen molar-refractivity contribution in [3.63, 3.8) is 0 Å². The van der Waals surface area contributed by atoms with E-state index in [9.17, 15) is 4.79 Å². The quantitative estimate of drug-likeness (QED) is 0.332. The van der Waals surface area contributed by atoms with Gasteiger partial charge in [0.05, 0.1) is 16.0 Å². The first-order chi connectivity index (χ1) is 9.48. The Bertz CT molecular complexity index is 603. The van der Waals surface area contributed by atoms with Crippen molar-refractivity contribution in [3.8, 4) is 0 Å². The molecule has 1 aliphatic carbocycles. The predicted molar refractivity (Wildman–Crippen MR) is 85.3 cm³/mol. The van der Waals surface area contributed by atoms with Crippen LogP contribution in [0.3, 0.4) is 0 Å². The lowest BCUT2D eigenvalue weighted by molar-refractivity contribution is -0.110. The molecular weight excluding hydrogens is 340 g/mol. The molecule has 0 spiro atoms. The molecule has 0 amide bonds. The Morgan fingerprint density at radius 2 is 1.85 bits per heavy atom. The maximum Gasteiger partial charge on any atom is 0.166 e. The fourth-order valence-corrected chi connectivity index (χ4v) is 2.89. The lowest BCUT2D eigenvalue weighted by atomic mass is 9.96. The fraction of sp³-hybridized carbons (Fsp3) is 0.143. The van der Waals surface area contributed by atoms with Crippen LogP contribution in [-0.2, 0) is 4.79 Å². The molecule has 2 nitrogen and oxygen atoms in total. The summed E-state index contributed by atoms with van der Waals surface area (Å²) in [5.41, 5.74) is 0.541. The fourth-order valence-electron chi connectivity index (χ4n) is 1.76. The molecule has 1 aliphatic rings. The third-order valence-electron chi connectivity index (χ3n) is 2.85. The van der Waals surface area contributed by atoms with Gasteiger partial charge in [-0.1, -0.05) is 58.5 Å². The van der Waals surface area contributed by atoms with Crippen molar-refractivity contribution < 1.29 is 4.79 Å². The molecule has 0 saturated heterocycles. The summed E-state index contributed by atoms with van der Waals surface area (Å²) < 4.78 is 0. The lowest BCUT2D eigenvalue weighted by Crippen LogP contribution is -2.31. The van der Waals surface area contributed by atoms with Gasteiger partial charge in [0.15, 0.2) is 5.00 Å². The Labute approximate surface area is 136 Å². The van der Waals surface area contributed by atoms with Gasteiger partial charge in [0.1, 0.15) is 6.29 Å². The van der Waals surface area contributed by atoms with E-state index in [-0.39, 0.29) is 0 Å². The van der Waals surface area contributed by atoms with Crippen LogP contribution in [0.1, 0.15) is 5.56 Å². The molecular formula is C14H9Cl4NO. The van der Waals surface area contributed by atoms with Crippen LogP contribution in [0.5, 0.6) is 0 Å². The summed E-state index contributed by atoms with van der Waals surface area (Å²) in [7, 11) is 0. The predicted octanol–water partition coefficient (Wildman–Crippen LogP) is 4.86. The molecule has 1 aromatic rings. The molecule has 104 valence electrons. The van der Waals surface area contributed by atoms with Crippen LogP contribution >= 0.6 is 46.4 Å². The molecule has 0 aliphatic heterocycles. The molecule has 2 rings (SSSR count). The number of alkyl halides is 1. The molecule has 0 heterocycles. The SMILES string of the molecule is O=CC1C(Cl)=CC=CC1(Cl)N=Cc1c(Cl)cccc1Cl. The largest absolute Gasteiger partial charge is 0.303 e. The first-order valence-electron chi connectivity index (χ1n) is 5.66. The smallest absolute Gasteiger partial charge is 0.166 e. The topological polar surface area (TPSA) is 29.4 Å². The van der Waals surface area contributed by atoms with Crippen LogP contribution in [0.2, 0.25) is 10.0 Å². The highest BCUT2D eigenvalue weighted by atomic mass is 35.5. The highest BCUT2D eigenvalue weighted by Crippen LogP contribution is 2.38. The second-order valence-corrected chi connectivity index (χ2v) is 6.00. The third-order valence-corrected chi connectivity index (χ3v) is 4.32. The highest BCUT2D eigenvalue weighted by Gasteiger charge is 2.37. The summed E-state index contributed by atoms with van der Waals surface area (Å²) >= 11 is 24.4. The van der Waals surface area contributed by atoms with Gasteiger partial charge in [-0.15, -0.1) is 0 Å². The zero-order valence-corrected chi connectivity index (χ0v) is 13.1. The minimum absolute atomic E-state index is 0.333. The number of hydrogen-bond donors (Lipinski definition) is 0. The second-order valence-electron chi connectivity index (χ2n) is 4.15. The lowest BCUT2D eigenvalue weighted by Gasteiger charge is -2.27. The molecule has 0 bridgehead atoms. The minimum Gasteiger partial charge on any atom is -0.303 e. The van der Waals surface area contributed by atoms with E-state index in [1.807, 2.05) is 0 Å². The highest BCUT2D eigenvalue weighted by molar-refractivity contribution is 6.39. The van der Waals surface area contributed by atoms with Crippen molar-refractivity contribution in [3.05, 3.63) is 57.1 Å². The number of halogens is 4. The molecule has 0 aromatic heterocycles. The van der Waals surface area contributed by atoms with Gasteiger partial charge in [-0.25, -0.2) is 0 Å². The Morgan fingerprint density at radius 1 is 1.20 bits per heavy atom. The van der Waals surface area contributed by atoms with Crippen molar-refractivity contribution >= 4 is 58.9 Å². The van der Waals surface area contributed by atoms with E-state index in [1.54, 1.807) is 36.4 Å². The Hall–Kier alpha value is -0.800. The van der Waals surface area contributed by atoms with Gasteiger partial charge in [0, 0.05) is 16.8 Å². The first-order valence-corrected chi connectivity index (χ1v) is 7.17. The molecule has 0 N–H and O–H groups in total. The average molecular weight is 349 g/mol. The molecule has 2 atom stereocenters. The number of allylic oxidation sites excluding steroid dienone is 2. The van der Waals surface area contributed by atoms with Gasteiger partial charge in [-0.2, -0.15) is 0 Å². The number of rotatable bonds is 3. The number of aliphatic imine (C=N–C) groups is 1. The number of hydrogen-bond acceptors (Lipinski definition) is 2. The Balaban J connectivity index is 2.37. The van der Waals surface area contributed by atoms with Crippen molar-refractivity contribution in [2.45, 2.75) is 5.00 Å². The van der Waals surface area contributed by atoms with Crippen molar-refractivity contribution in [2.24, 2.45) is 10.9 Å². The van der Waals surface area contributed by atoms with E-state index in [0.717, 1.165) is 0 Å². The zero-order valence-electron chi connectivity index (χ0n) is 10.1. The summed E-state index contributed by atoms with van der Waals surface area (Å²) in [6.07, 6.45) is 6.98. The van der Waals surface area contributed by atoms with Crippen molar-refractivity contribution in [2.75, 3.05) is 0 Å². The molecule has 1 aromatic carbocycles. The summed E-state index contributed by atoms with van der Waals surface area (Å²) in [4.78, 5) is 14.1. The number of nitrogens with zero attached hydrogens (tertiary/aromatic N) is 1. The van der Waals surface area contributed by atoms with Gasteiger partial charge >= 0.3 is 0 Å². The number of benzene rings is 1. The molecule has 2 unspecified atom stereocenters. The van der Waals surface area contributed by atoms with E-state index in [4.69, 9.17) is 46.4 Å². The molecule has 20 heavy (non-hydrogen) atoms. The van der Waals surface area contributed by atoms with Gasteiger partial charge in [-0.05, 0) is 24.3 Å². The summed E-state index contributed by atoms with van der Waals surface area (Å²) in [6, 6.07) is 5.11. The van der Waals surface area contributed by atoms with Crippen LogP contribution in [0.4, 0.5) is 0 Å². The van der Waals surface area contributed by atoms with E-state index in [0.29, 0.717) is 26.9 Å². The molecule has 0 radical (unpaired) electrons. The molecule has 0 saturated carbocycles.